The zero-order valence-corrected chi connectivity index (χ0v) is 13.8. The van der Waals surface area contributed by atoms with Crippen molar-refractivity contribution >= 4 is 5.97 Å². The van der Waals surface area contributed by atoms with E-state index in [0.717, 1.165) is 12.1 Å². The molecule has 3 rings (SSSR count). The third-order valence-corrected chi connectivity index (χ3v) is 3.51. The molecule has 1 heterocycles. The fourth-order valence-electron chi connectivity index (χ4n) is 2.21. The van der Waals surface area contributed by atoms with Crippen LogP contribution < -0.4 is 4.74 Å². The summed E-state index contributed by atoms with van der Waals surface area (Å²) >= 11 is 0. The third kappa shape index (κ3) is 4.24. The Morgan fingerprint density at radius 3 is 2.65 bits per heavy atom. The number of rotatable bonds is 6. The van der Waals surface area contributed by atoms with Crippen molar-refractivity contribution < 1.29 is 27.6 Å². The second kappa shape index (κ2) is 7.77. The summed E-state index contributed by atoms with van der Waals surface area (Å²) in [6.07, 6.45) is -0.807. The lowest BCUT2D eigenvalue weighted by molar-refractivity contribution is -0.152. The van der Waals surface area contributed by atoms with Gasteiger partial charge < -0.3 is 14.0 Å². The second-order valence-corrected chi connectivity index (χ2v) is 5.49. The summed E-state index contributed by atoms with van der Waals surface area (Å²) in [6, 6.07) is 13.4. The smallest absolute Gasteiger partial charge is 0.347 e. The number of hydrogen-bond donors (Lipinski definition) is 0. The molecule has 134 valence electrons. The molecule has 7 heteroatoms. The van der Waals surface area contributed by atoms with Gasteiger partial charge in [-0.2, -0.15) is 0 Å². The van der Waals surface area contributed by atoms with Crippen molar-refractivity contribution in [1.82, 2.24) is 5.16 Å². The predicted octanol–water partition coefficient (Wildman–Crippen LogP) is 4.13. The van der Waals surface area contributed by atoms with Crippen LogP contribution in [0.1, 0.15) is 12.6 Å². The predicted molar refractivity (Wildman–Crippen MR) is 88.2 cm³/mol. The minimum Gasteiger partial charge on any atom is -0.479 e. The molecule has 0 saturated carbocycles. The van der Waals surface area contributed by atoms with E-state index < -0.39 is 23.7 Å². The van der Waals surface area contributed by atoms with Crippen LogP contribution in [-0.4, -0.2) is 17.2 Å². The van der Waals surface area contributed by atoms with E-state index >= 15 is 0 Å². The van der Waals surface area contributed by atoms with Crippen LogP contribution in [0.5, 0.6) is 5.75 Å². The van der Waals surface area contributed by atoms with Gasteiger partial charge in [0.15, 0.2) is 11.9 Å². The number of aromatic nitrogens is 1. The molecule has 0 radical (unpaired) electrons. The number of benzene rings is 2. The average molecular weight is 359 g/mol. The van der Waals surface area contributed by atoms with Crippen molar-refractivity contribution in [2.45, 2.75) is 19.6 Å². The van der Waals surface area contributed by atoms with Crippen LogP contribution in [0.25, 0.3) is 11.3 Å². The van der Waals surface area contributed by atoms with Crippen molar-refractivity contribution in [2.24, 2.45) is 0 Å². The largest absolute Gasteiger partial charge is 0.479 e. The molecule has 0 N–H and O–H groups in total. The molecule has 0 aliphatic rings. The van der Waals surface area contributed by atoms with Gasteiger partial charge in [0.1, 0.15) is 29.7 Å². The van der Waals surface area contributed by atoms with E-state index in [1.165, 1.54) is 12.1 Å². The highest BCUT2D eigenvalue weighted by atomic mass is 19.1. The molecule has 1 unspecified atom stereocenters. The Kier molecular flexibility index (Phi) is 5.26. The Labute approximate surface area is 148 Å². The molecule has 0 aliphatic carbocycles. The number of ether oxygens (including phenoxy) is 2. The number of hydrogen-bond acceptors (Lipinski definition) is 5. The first kappa shape index (κ1) is 17.6. The standard InChI is InChI=1S/C19H15F2NO4/c1-12(25-15-5-3-2-4-6-15)19(23)24-11-14-10-18(26-22-14)16-8-7-13(20)9-17(16)21/h2-10,12H,11H2,1H3. The van der Waals surface area contributed by atoms with E-state index in [1.807, 2.05) is 6.07 Å². The van der Waals surface area contributed by atoms with Crippen LogP contribution in [0.15, 0.2) is 59.1 Å². The summed E-state index contributed by atoms with van der Waals surface area (Å²) in [5.74, 6) is -1.37. The fraction of sp³-hybridized carbons (Fsp3) is 0.158. The third-order valence-electron chi connectivity index (χ3n) is 3.51. The highest BCUT2D eigenvalue weighted by molar-refractivity contribution is 5.74. The molecule has 0 amide bonds. The van der Waals surface area contributed by atoms with Gasteiger partial charge in [0.25, 0.3) is 0 Å². The Morgan fingerprint density at radius 2 is 1.92 bits per heavy atom. The molecule has 0 bridgehead atoms. The van der Waals surface area contributed by atoms with E-state index in [1.54, 1.807) is 31.2 Å². The van der Waals surface area contributed by atoms with E-state index in [4.69, 9.17) is 14.0 Å². The number of nitrogens with zero attached hydrogens (tertiary/aromatic N) is 1. The maximum Gasteiger partial charge on any atom is 0.347 e. The highest BCUT2D eigenvalue weighted by Crippen LogP contribution is 2.24. The average Bonchev–Trinajstić information content (AvgIpc) is 3.09. The molecule has 5 nitrogen and oxygen atoms in total. The van der Waals surface area contributed by atoms with E-state index in [2.05, 4.69) is 5.16 Å². The monoisotopic (exact) mass is 359 g/mol. The minimum atomic E-state index is -0.807. The van der Waals surface area contributed by atoms with Crippen molar-refractivity contribution in [3.05, 3.63) is 71.9 Å². The molecule has 0 saturated heterocycles. The van der Waals surface area contributed by atoms with Crippen LogP contribution in [0.4, 0.5) is 8.78 Å². The van der Waals surface area contributed by atoms with Crippen molar-refractivity contribution in [1.29, 1.82) is 0 Å². The van der Waals surface area contributed by atoms with E-state index in [9.17, 15) is 13.6 Å². The van der Waals surface area contributed by atoms with Crippen LogP contribution >= 0.6 is 0 Å². The number of para-hydroxylation sites is 1. The first-order valence-electron chi connectivity index (χ1n) is 7.82. The van der Waals surface area contributed by atoms with Gasteiger partial charge in [-0.05, 0) is 31.2 Å². The number of halogens is 2. The quantitative estimate of drug-likeness (QED) is 0.619. The summed E-state index contributed by atoms with van der Waals surface area (Å²) in [5.41, 5.74) is 0.362. The molecule has 0 aliphatic heterocycles. The van der Waals surface area contributed by atoms with E-state index in [0.29, 0.717) is 11.4 Å². The first-order valence-corrected chi connectivity index (χ1v) is 7.82. The molecule has 26 heavy (non-hydrogen) atoms. The summed E-state index contributed by atoms with van der Waals surface area (Å²) in [4.78, 5) is 12.0. The molecular formula is C19H15F2NO4. The van der Waals surface area contributed by atoms with Crippen LogP contribution in [0.2, 0.25) is 0 Å². The lowest BCUT2D eigenvalue weighted by Crippen LogP contribution is -2.26. The first-order chi connectivity index (χ1) is 12.5. The number of carbonyl (C=O) groups is 1. The maximum atomic E-state index is 13.7. The molecule has 3 aromatic rings. The van der Waals surface area contributed by atoms with Crippen molar-refractivity contribution in [2.75, 3.05) is 0 Å². The molecule has 0 spiro atoms. The van der Waals surface area contributed by atoms with E-state index in [-0.39, 0.29) is 17.9 Å². The second-order valence-electron chi connectivity index (χ2n) is 5.49. The van der Waals surface area contributed by atoms with Crippen LogP contribution in [0, 0.1) is 11.6 Å². The van der Waals surface area contributed by atoms with Crippen LogP contribution in [-0.2, 0) is 16.1 Å². The number of esters is 1. The summed E-state index contributed by atoms with van der Waals surface area (Å²) in [6.45, 7) is 1.41. The summed E-state index contributed by atoms with van der Waals surface area (Å²) in [5, 5.41) is 3.72. The Bertz CT molecular complexity index is 896. The Hall–Kier alpha value is -3.22. The molecule has 0 fully saturated rings. The Balaban J connectivity index is 1.58. The molecule has 1 aromatic heterocycles. The van der Waals surface area contributed by atoms with Gasteiger partial charge in [-0.15, -0.1) is 0 Å². The van der Waals surface area contributed by atoms with Gasteiger partial charge in [0.2, 0.25) is 0 Å². The van der Waals surface area contributed by atoms with Gasteiger partial charge in [0, 0.05) is 12.1 Å². The lowest BCUT2D eigenvalue weighted by Gasteiger charge is -2.13. The molecule has 2 aromatic carbocycles. The summed E-state index contributed by atoms with van der Waals surface area (Å²) < 4.78 is 42.3. The Morgan fingerprint density at radius 1 is 1.15 bits per heavy atom. The van der Waals surface area contributed by atoms with Crippen molar-refractivity contribution in [3.63, 3.8) is 0 Å². The highest BCUT2D eigenvalue weighted by Gasteiger charge is 2.18. The number of carbonyl (C=O) groups excluding carboxylic acids is 1. The van der Waals surface area contributed by atoms with Gasteiger partial charge in [-0.3, -0.25) is 0 Å². The lowest BCUT2D eigenvalue weighted by atomic mass is 10.1. The fourth-order valence-corrected chi connectivity index (χ4v) is 2.21. The van der Waals surface area contributed by atoms with Crippen LogP contribution in [0.3, 0.4) is 0 Å². The van der Waals surface area contributed by atoms with Gasteiger partial charge >= 0.3 is 5.97 Å². The topological polar surface area (TPSA) is 61.6 Å². The SMILES string of the molecule is CC(Oc1ccccc1)C(=O)OCc1cc(-c2ccc(F)cc2F)on1. The van der Waals surface area contributed by atoms with Gasteiger partial charge in [-0.25, -0.2) is 13.6 Å². The normalized spacial score (nSPS) is 11.8. The van der Waals surface area contributed by atoms with Crippen molar-refractivity contribution in [3.8, 4) is 17.1 Å². The minimum absolute atomic E-state index is 0.0669. The van der Waals surface area contributed by atoms with Gasteiger partial charge in [-0.1, -0.05) is 23.4 Å². The zero-order chi connectivity index (χ0) is 18.5. The molecular weight excluding hydrogens is 344 g/mol. The van der Waals surface area contributed by atoms with Gasteiger partial charge in [0.05, 0.1) is 5.56 Å². The maximum absolute atomic E-state index is 13.7. The summed E-state index contributed by atoms with van der Waals surface area (Å²) in [7, 11) is 0. The zero-order valence-electron chi connectivity index (χ0n) is 13.8. The molecule has 1 atom stereocenters.